The van der Waals surface area contributed by atoms with Gasteiger partial charge in [-0.2, -0.15) is 13.2 Å². The quantitative estimate of drug-likeness (QED) is 0.791. The topological polar surface area (TPSA) is 28.2 Å². The van der Waals surface area contributed by atoms with Crippen molar-refractivity contribution in [2.45, 2.75) is 53.0 Å². The Hall–Kier alpha value is -0.660. The molecule has 0 atom stereocenters. The summed E-state index contributed by atoms with van der Waals surface area (Å²) in [6.45, 7) is 8.69. The second-order valence-corrected chi connectivity index (χ2v) is 6.81. The number of thiazole rings is 1. The molecule has 1 aromatic heterocycles. The maximum atomic E-state index is 12.5. The van der Waals surface area contributed by atoms with Gasteiger partial charge in [-0.05, 0) is 26.3 Å². The number of nitrogens with zero attached hydrogens (tertiary/aromatic N) is 2. The van der Waals surface area contributed by atoms with Gasteiger partial charge in [-0.15, -0.1) is 11.3 Å². The first kappa shape index (κ1) is 18.4. The minimum absolute atomic E-state index is 0.171. The first-order chi connectivity index (χ1) is 9.67. The van der Waals surface area contributed by atoms with Crippen molar-refractivity contribution >= 4 is 11.3 Å². The predicted molar refractivity (Wildman–Crippen MR) is 80.3 cm³/mol. The van der Waals surface area contributed by atoms with Crippen molar-refractivity contribution in [3.8, 4) is 0 Å². The summed E-state index contributed by atoms with van der Waals surface area (Å²) in [6, 6.07) is -0.171. The third-order valence-corrected chi connectivity index (χ3v) is 3.80. The van der Waals surface area contributed by atoms with Gasteiger partial charge in [-0.25, -0.2) is 4.98 Å². The molecule has 1 aromatic rings. The van der Waals surface area contributed by atoms with Crippen LogP contribution in [0.3, 0.4) is 0 Å². The van der Waals surface area contributed by atoms with E-state index in [1.165, 1.54) is 16.2 Å². The third kappa shape index (κ3) is 7.78. The summed E-state index contributed by atoms with van der Waals surface area (Å²) < 4.78 is 37.6. The molecule has 0 saturated carbocycles. The van der Waals surface area contributed by atoms with Crippen molar-refractivity contribution in [2.24, 2.45) is 5.92 Å². The Morgan fingerprint density at radius 2 is 1.95 bits per heavy atom. The van der Waals surface area contributed by atoms with E-state index in [1.807, 2.05) is 5.38 Å². The van der Waals surface area contributed by atoms with Crippen LogP contribution < -0.4 is 5.32 Å². The van der Waals surface area contributed by atoms with E-state index in [0.29, 0.717) is 18.2 Å². The van der Waals surface area contributed by atoms with Gasteiger partial charge in [0.1, 0.15) is 5.01 Å². The lowest BCUT2D eigenvalue weighted by Crippen LogP contribution is -2.38. The fourth-order valence-electron chi connectivity index (χ4n) is 1.83. The first-order valence-electron chi connectivity index (χ1n) is 7.12. The first-order valence-corrected chi connectivity index (χ1v) is 8.00. The van der Waals surface area contributed by atoms with Gasteiger partial charge >= 0.3 is 6.18 Å². The summed E-state index contributed by atoms with van der Waals surface area (Å²) in [5, 5.41) is 6.05. The molecule has 0 unspecified atom stereocenters. The van der Waals surface area contributed by atoms with Crippen LogP contribution in [0, 0.1) is 5.92 Å². The fraction of sp³-hybridized carbons (Fsp3) is 0.786. The van der Waals surface area contributed by atoms with E-state index in [9.17, 15) is 13.2 Å². The van der Waals surface area contributed by atoms with Gasteiger partial charge < -0.3 is 5.32 Å². The van der Waals surface area contributed by atoms with Gasteiger partial charge in [0.25, 0.3) is 0 Å². The molecule has 0 amide bonds. The molecule has 1 N–H and O–H groups in total. The van der Waals surface area contributed by atoms with Crippen LogP contribution in [0.4, 0.5) is 13.2 Å². The Balaban J connectivity index is 2.54. The predicted octanol–water partition coefficient (Wildman–Crippen LogP) is 3.66. The van der Waals surface area contributed by atoms with E-state index >= 15 is 0 Å². The molecule has 0 aliphatic rings. The van der Waals surface area contributed by atoms with Gasteiger partial charge in [0.05, 0.1) is 12.2 Å². The third-order valence-electron chi connectivity index (χ3n) is 2.91. The van der Waals surface area contributed by atoms with Gasteiger partial charge in [0.2, 0.25) is 0 Å². The lowest BCUT2D eigenvalue weighted by Gasteiger charge is -2.26. The van der Waals surface area contributed by atoms with Crippen LogP contribution in [0.1, 0.15) is 38.4 Å². The monoisotopic (exact) mass is 323 g/mol. The fourth-order valence-corrected chi connectivity index (χ4v) is 2.58. The summed E-state index contributed by atoms with van der Waals surface area (Å²) in [7, 11) is 0. The molecule has 0 fully saturated rings. The van der Waals surface area contributed by atoms with Crippen LogP contribution in [0.15, 0.2) is 5.38 Å². The summed E-state index contributed by atoms with van der Waals surface area (Å²) >= 11 is 1.49. The van der Waals surface area contributed by atoms with Crippen molar-refractivity contribution in [1.82, 2.24) is 15.2 Å². The van der Waals surface area contributed by atoms with Crippen molar-refractivity contribution in [3.63, 3.8) is 0 Å². The van der Waals surface area contributed by atoms with E-state index in [4.69, 9.17) is 0 Å². The van der Waals surface area contributed by atoms with E-state index < -0.39 is 12.7 Å². The highest BCUT2D eigenvalue weighted by Gasteiger charge is 2.32. The Labute approximate surface area is 128 Å². The molecule has 1 heterocycles. The highest BCUT2D eigenvalue weighted by Crippen LogP contribution is 2.20. The summed E-state index contributed by atoms with van der Waals surface area (Å²) in [4.78, 5) is 5.80. The number of nitrogens with one attached hydrogen (secondary N) is 1. The number of hydrogen-bond donors (Lipinski definition) is 1. The zero-order valence-electron chi connectivity index (χ0n) is 13.0. The van der Waals surface area contributed by atoms with E-state index in [1.54, 1.807) is 13.8 Å². The maximum absolute atomic E-state index is 12.5. The number of alkyl halides is 3. The average molecular weight is 323 g/mol. The van der Waals surface area contributed by atoms with E-state index in [0.717, 1.165) is 11.6 Å². The van der Waals surface area contributed by atoms with E-state index in [-0.39, 0.29) is 12.6 Å². The Kier molecular flexibility index (Phi) is 7.09. The van der Waals surface area contributed by atoms with Crippen LogP contribution in [0.2, 0.25) is 0 Å². The molecule has 0 bridgehead atoms. The standard InChI is InChI=1S/C14H24F3N3S/c1-10(2)5-18-6-13-19-12(8-21-13)7-20(11(3)4)9-14(15,16)17/h8,10-11,18H,5-7,9H2,1-4H3. The molecular weight excluding hydrogens is 299 g/mol. The number of aromatic nitrogens is 1. The van der Waals surface area contributed by atoms with Gasteiger partial charge in [-0.1, -0.05) is 13.8 Å². The van der Waals surface area contributed by atoms with Crippen LogP contribution in [-0.4, -0.2) is 35.2 Å². The molecule has 3 nitrogen and oxygen atoms in total. The molecule has 0 saturated heterocycles. The maximum Gasteiger partial charge on any atom is 0.401 e. The molecule has 122 valence electrons. The van der Waals surface area contributed by atoms with Gasteiger partial charge in [0, 0.05) is 24.5 Å². The molecule has 1 rings (SSSR count). The molecule has 0 aliphatic carbocycles. The van der Waals surface area contributed by atoms with Crippen LogP contribution >= 0.6 is 11.3 Å². The second kappa shape index (κ2) is 8.10. The minimum Gasteiger partial charge on any atom is -0.310 e. The molecule has 0 aromatic carbocycles. The zero-order chi connectivity index (χ0) is 16.0. The zero-order valence-corrected chi connectivity index (χ0v) is 13.8. The largest absolute Gasteiger partial charge is 0.401 e. The highest BCUT2D eigenvalue weighted by atomic mass is 32.1. The normalized spacial score (nSPS) is 12.9. The molecule has 7 heteroatoms. The molecule has 21 heavy (non-hydrogen) atoms. The Morgan fingerprint density at radius 3 is 2.48 bits per heavy atom. The molecule has 0 aliphatic heterocycles. The Morgan fingerprint density at radius 1 is 1.29 bits per heavy atom. The Bertz CT molecular complexity index is 416. The van der Waals surface area contributed by atoms with Crippen molar-refractivity contribution < 1.29 is 13.2 Å². The highest BCUT2D eigenvalue weighted by molar-refractivity contribution is 7.09. The second-order valence-electron chi connectivity index (χ2n) is 5.87. The lowest BCUT2D eigenvalue weighted by molar-refractivity contribution is -0.151. The number of halogens is 3. The summed E-state index contributed by atoms with van der Waals surface area (Å²) in [5.74, 6) is 0.563. The number of rotatable bonds is 8. The SMILES string of the molecule is CC(C)CNCc1nc(CN(CC(F)(F)F)C(C)C)cs1. The number of hydrogen-bond acceptors (Lipinski definition) is 4. The summed E-state index contributed by atoms with van der Waals surface area (Å²) in [6.07, 6.45) is -4.18. The lowest BCUT2D eigenvalue weighted by atomic mass is 10.2. The molecular formula is C14H24F3N3S. The average Bonchev–Trinajstić information content (AvgIpc) is 2.73. The minimum atomic E-state index is -4.18. The van der Waals surface area contributed by atoms with Crippen LogP contribution in [0.5, 0.6) is 0 Å². The van der Waals surface area contributed by atoms with Crippen LogP contribution in [-0.2, 0) is 13.1 Å². The van der Waals surface area contributed by atoms with Crippen molar-refractivity contribution in [1.29, 1.82) is 0 Å². The van der Waals surface area contributed by atoms with Crippen molar-refractivity contribution in [3.05, 3.63) is 16.1 Å². The van der Waals surface area contributed by atoms with Gasteiger partial charge in [0.15, 0.2) is 0 Å². The van der Waals surface area contributed by atoms with Crippen LogP contribution in [0.25, 0.3) is 0 Å². The molecule has 0 spiro atoms. The molecule has 0 radical (unpaired) electrons. The van der Waals surface area contributed by atoms with Gasteiger partial charge in [-0.3, -0.25) is 4.90 Å². The van der Waals surface area contributed by atoms with Crippen molar-refractivity contribution in [2.75, 3.05) is 13.1 Å². The summed E-state index contributed by atoms with van der Waals surface area (Å²) in [5.41, 5.74) is 0.708. The van der Waals surface area contributed by atoms with E-state index in [2.05, 4.69) is 24.1 Å². The smallest absolute Gasteiger partial charge is 0.310 e.